The molecule has 0 heterocycles. The number of aliphatic hydroxyl groups excluding tert-OH is 1. The first-order valence-corrected chi connectivity index (χ1v) is 6.61. The molecule has 4 nitrogen and oxygen atoms in total. The topological polar surface area (TPSA) is 70.3 Å². The molecule has 0 saturated carbocycles. The molecule has 0 aliphatic rings. The Balaban J connectivity index is 2.56. The maximum Gasteiger partial charge on any atom is 0.339 e. The molecule has 0 unspecified atom stereocenters. The van der Waals surface area contributed by atoms with Crippen molar-refractivity contribution in [3.8, 4) is 17.2 Å². The van der Waals surface area contributed by atoms with Crippen LogP contribution in [0.1, 0.15) is 28.4 Å². The van der Waals surface area contributed by atoms with Crippen LogP contribution >= 0.6 is 0 Å². The second-order valence-electron chi connectivity index (χ2n) is 4.42. The van der Waals surface area contributed by atoms with Gasteiger partial charge >= 0.3 is 5.97 Å². The van der Waals surface area contributed by atoms with Gasteiger partial charge in [-0.2, -0.15) is 5.26 Å². The molecule has 2 rings (SSSR count). The van der Waals surface area contributed by atoms with Crippen molar-refractivity contribution in [2.45, 2.75) is 13.5 Å². The molecule has 0 aliphatic heterocycles. The fourth-order valence-electron chi connectivity index (χ4n) is 2.13. The van der Waals surface area contributed by atoms with Crippen LogP contribution in [0.4, 0.5) is 0 Å². The number of hydrogen-bond donors (Lipinski definition) is 1. The Morgan fingerprint density at radius 3 is 2.71 bits per heavy atom. The first-order chi connectivity index (χ1) is 10.2. The van der Waals surface area contributed by atoms with Crippen LogP contribution in [0.3, 0.4) is 0 Å². The van der Waals surface area contributed by atoms with Gasteiger partial charge in [0.25, 0.3) is 0 Å². The zero-order valence-corrected chi connectivity index (χ0v) is 11.7. The Bertz CT molecular complexity index is 701. The molecule has 0 aliphatic carbocycles. The minimum atomic E-state index is -0.505. The molecule has 0 atom stereocenters. The zero-order valence-electron chi connectivity index (χ0n) is 11.7. The van der Waals surface area contributed by atoms with Crippen molar-refractivity contribution in [1.82, 2.24) is 0 Å². The van der Waals surface area contributed by atoms with Crippen LogP contribution in [0.15, 0.2) is 42.5 Å². The van der Waals surface area contributed by atoms with E-state index in [4.69, 9.17) is 4.74 Å². The summed E-state index contributed by atoms with van der Waals surface area (Å²) in [4.78, 5) is 11.9. The molecule has 0 bridgehead atoms. The van der Waals surface area contributed by atoms with Gasteiger partial charge < -0.3 is 9.84 Å². The summed E-state index contributed by atoms with van der Waals surface area (Å²) in [5, 5.41) is 18.6. The normalized spacial score (nSPS) is 9.95. The Morgan fingerprint density at radius 2 is 2.05 bits per heavy atom. The number of aliphatic hydroxyl groups is 1. The lowest BCUT2D eigenvalue weighted by Crippen LogP contribution is -2.07. The summed E-state index contributed by atoms with van der Waals surface area (Å²) < 4.78 is 4.98. The van der Waals surface area contributed by atoms with Crippen molar-refractivity contribution in [3.05, 3.63) is 59.2 Å². The highest BCUT2D eigenvalue weighted by atomic mass is 16.5. The standard InChI is InChI=1S/C17H15NO3/c1-2-21-17(20)15-8-4-7-14(16(15)10-18)13-6-3-5-12(9-13)11-19/h3-9,19H,2,11H2,1H3. The third-order valence-electron chi connectivity index (χ3n) is 3.09. The number of carbonyl (C=O) groups excluding carboxylic acids is 1. The summed E-state index contributed by atoms with van der Waals surface area (Å²) in [6, 6.07) is 14.4. The lowest BCUT2D eigenvalue weighted by molar-refractivity contribution is 0.0526. The molecule has 4 heteroatoms. The highest BCUT2D eigenvalue weighted by Crippen LogP contribution is 2.27. The van der Waals surface area contributed by atoms with Crippen LogP contribution in [-0.4, -0.2) is 17.7 Å². The van der Waals surface area contributed by atoms with Crippen molar-refractivity contribution in [1.29, 1.82) is 5.26 Å². The molecule has 0 fully saturated rings. The van der Waals surface area contributed by atoms with Crippen LogP contribution in [0, 0.1) is 11.3 Å². The average molecular weight is 281 g/mol. The lowest BCUT2D eigenvalue weighted by Gasteiger charge is -2.10. The Morgan fingerprint density at radius 1 is 1.29 bits per heavy atom. The minimum absolute atomic E-state index is 0.0761. The van der Waals surface area contributed by atoms with Crippen molar-refractivity contribution < 1.29 is 14.6 Å². The fraction of sp³-hybridized carbons (Fsp3) is 0.176. The molecule has 0 radical (unpaired) electrons. The van der Waals surface area contributed by atoms with Crippen LogP contribution in [0.5, 0.6) is 0 Å². The first-order valence-electron chi connectivity index (χ1n) is 6.61. The van der Waals surface area contributed by atoms with E-state index in [1.54, 1.807) is 43.3 Å². The molecule has 0 spiro atoms. The predicted molar refractivity (Wildman–Crippen MR) is 78.5 cm³/mol. The number of carbonyl (C=O) groups is 1. The number of ether oxygens (including phenoxy) is 1. The van der Waals surface area contributed by atoms with Gasteiger partial charge in [0, 0.05) is 5.56 Å². The second-order valence-corrected chi connectivity index (χ2v) is 4.42. The van der Waals surface area contributed by atoms with Gasteiger partial charge in [0.1, 0.15) is 6.07 Å². The Kier molecular flexibility index (Phi) is 4.70. The molecule has 1 N–H and O–H groups in total. The van der Waals surface area contributed by atoms with E-state index in [2.05, 4.69) is 6.07 Å². The van der Waals surface area contributed by atoms with Crippen LogP contribution < -0.4 is 0 Å². The van der Waals surface area contributed by atoms with Gasteiger partial charge in [-0.05, 0) is 30.2 Å². The van der Waals surface area contributed by atoms with Crippen molar-refractivity contribution >= 4 is 5.97 Å². The monoisotopic (exact) mass is 281 g/mol. The van der Waals surface area contributed by atoms with Crippen LogP contribution in [0.2, 0.25) is 0 Å². The predicted octanol–water partition coefficient (Wildman–Crippen LogP) is 2.89. The first kappa shape index (κ1) is 14.8. The molecular weight excluding hydrogens is 266 g/mol. The van der Waals surface area contributed by atoms with Crippen molar-refractivity contribution in [3.63, 3.8) is 0 Å². The summed E-state index contributed by atoms with van der Waals surface area (Å²) in [6.45, 7) is 1.90. The maximum absolute atomic E-state index is 11.9. The highest BCUT2D eigenvalue weighted by molar-refractivity contribution is 5.95. The van der Waals surface area contributed by atoms with E-state index in [0.29, 0.717) is 5.56 Å². The minimum Gasteiger partial charge on any atom is -0.462 e. The van der Waals surface area contributed by atoms with Gasteiger partial charge in [0.2, 0.25) is 0 Å². The third-order valence-corrected chi connectivity index (χ3v) is 3.09. The van der Waals surface area contributed by atoms with E-state index in [1.165, 1.54) is 0 Å². The number of esters is 1. The lowest BCUT2D eigenvalue weighted by atomic mass is 9.95. The van der Waals surface area contributed by atoms with E-state index in [0.717, 1.165) is 11.1 Å². The van der Waals surface area contributed by atoms with Crippen molar-refractivity contribution in [2.24, 2.45) is 0 Å². The summed E-state index contributed by atoms with van der Waals surface area (Å²) in [6.07, 6.45) is 0. The average Bonchev–Trinajstić information content (AvgIpc) is 2.54. The van der Waals surface area contributed by atoms with E-state index in [9.17, 15) is 15.2 Å². The van der Waals surface area contributed by atoms with Crippen LogP contribution in [-0.2, 0) is 11.3 Å². The number of nitrogens with zero attached hydrogens (tertiary/aromatic N) is 1. The number of benzene rings is 2. The highest BCUT2D eigenvalue weighted by Gasteiger charge is 2.16. The van der Waals surface area contributed by atoms with Crippen molar-refractivity contribution in [2.75, 3.05) is 6.61 Å². The number of rotatable bonds is 4. The van der Waals surface area contributed by atoms with E-state index >= 15 is 0 Å². The molecule has 0 aromatic heterocycles. The molecular formula is C17H15NO3. The molecule has 2 aromatic rings. The smallest absolute Gasteiger partial charge is 0.339 e. The van der Waals surface area contributed by atoms with Gasteiger partial charge in [-0.1, -0.05) is 30.3 Å². The molecule has 2 aromatic carbocycles. The van der Waals surface area contributed by atoms with E-state index in [1.807, 2.05) is 6.07 Å². The van der Waals surface area contributed by atoms with E-state index < -0.39 is 5.97 Å². The van der Waals surface area contributed by atoms with Gasteiger partial charge in [-0.15, -0.1) is 0 Å². The molecule has 0 saturated heterocycles. The summed E-state index contributed by atoms with van der Waals surface area (Å²) in [7, 11) is 0. The van der Waals surface area contributed by atoms with Gasteiger partial charge in [0.05, 0.1) is 24.3 Å². The maximum atomic E-state index is 11.9. The quantitative estimate of drug-likeness (QED) is 0.875. The molecule has 0 amide bonds. The number of nitriles is 1. The van der Waals surface area contributed by atoms with Gasteiger partial charge in [-0.25, -0.2) is 4.79 Å². The second kappa shape index (κ2) is 6.69. The Hall–Kier alpha value is -2.64. The largest absolute Gasteiger partial charge is 0.462 e. The number of hydrogen-bond acceptors (Lipinski definition) is 4. The van der Waals surface area contributed by atoms with E-state index in [-0.39, 0.29) is 24.3 Å². The third kappa shape index (κ3) is 3.10. The summed E-state index contributed by atoms with van der Waals surface area (Å²) >= 11 is 0. The van der Waals surface area contributed by atoms with Crippen LogP contribution in [0.25, 0.3) is 11.1 Å². The SMILES string of the molecule is CCOC(=O)c1cccc(-c2cccc(CO)c2)c1C#N. The van der Waals surface area contributed by atoms with Gasteiger partial charge in [-0.3, -0.25) is 0 Å². The van der Waals surface area contributed by atoms with Gasteiger partial charge in [0.15, 0.2) is 0 Å². The Labute approximate surface area is 123 Å². The molecule has 106 valence electrons. The fourth-order valence-corrected chi connectivity index (χ4v) is 2.13. The summed E-state index contributed by atoms with van der Waals surface area (Å²) in [5.41, 5.74) is 2.72. The zero-order chi connectivity index (χ0) is 15.2. The summed E-state index contributed by atoms with van der Waals surface area (Å²) in [5.74, 6) is -0.505. The molecule has 21 heavy (non-hydrogen) atoms.